The van der Waals surface area contributed by atoms with Gasteiger partial charge in [-0.1, -0.05) is 36.4 Å². The molecule has 2 aromatic carbocycles. The van der Waals surface area contributed by atoms with Gasteiger partial charge in [0.1, 0.15) is 6.04 Å². The van der Waals surface area contributed by atoms with Crippen LogP contribution in [0.25, 0.3) is 0 Å². The second-order valence-corrected chi connectivity index (χ2v) is 5.21. The maximum atomic E-state index is 12.8. The monoisotopic (exact) mass is 311 g/mol. The Labute approximate surface area is 136 Å². The number of rotatable bonds is 5. The molecule has 2 aromatic rings. The van der Waals surface area contributed by atoms with Crippen molar-refractivity contribution in [2.24, 2.45) is 5.73 Å². The van der Waals surface area contributed by atoms with E-state index in [2.05, 4.69) is 0 Å². The normalized spacial score (nSPS) is 11.6. The van der Waals surface area contributed by atoms with E-state index in [0.717, 1.165) is 5.69 Å². The molecule has 0 fully saturated rings. The molecule has 0 saturated heterocycles. The zero-order valence-electron chi connectivity index (χ0n) is 13.3. The summed E-state index contributed by atoms with van der Waals surface area (Å²) >= 11 is 0. The Morgan fingerprint density at radius 3 is 1.91 bits per heavy atom. The van der Waals surface area contributed by atoms with Crippen molar-refractivity contribution in [3.05, 3.63) is 60.7 Å². The van der Waals surface area contributed by atoms with Crippen LogP contribution >= 0.6 is 0 Å². The van der Waals surface area contributed by atoms with Crippen molar-refractivity contribution in [1.82, 2.24) is 0 Å². The molecule has 0 heterocycles. The molecule has 0 spiro atoms. The van der Waals surface area contributed by atoms with Crippen LogP contribution in [-0.2, 0) is 9.59 Å². The first-order chi connectivity index (χ1) is 11.1. The molecule has 0 aliphatic heterocycles. The highest BCUT2D eigenvalue weighted by Crippen LogP contribution is 2.20. The van der Waals surface area contributed by atoms with Gasteiger partial charge in [0.2, 0.25) is 11.8 Å². The minimum atomic E-state index is -0.654. The number of nitrogens with zero attached hydrogens (tertiary/aromatic N) is 2. The van der Waals surface area contributed by atoms with Crippen molar-refractivity contribution in [3.8, 4) is 0 Å². The van der Waals surface area contributed by atoms with Gasteiger partial charge in [-0.05, 0) is 31.2 Å². The number of likely N-dealkylation sites (N-methyl/N-ethyl adjacent to an activating group) is 1. The smallest absolute Gasteiger partial charge is 0.249 e. The molecule has 1 atom stereocenters. The summed E-state index contributed by atoms with van der Waals surface area (Å²) in [6.07, 6.45) is 0. The first-order valence-electron chi connectivity index (χ1n) is 7.46. The van der Waals surface area contributed by atoms with E-state index in [0.29, 0.717) is 5.69 Å². The van der Waals surface area contributed by atoms with Crippen LogP contribution in [0.2, 0.25) is 0 Å². The molecule has 2 amide bonds. The van der Waals surface area contributed by atoms with Gasteiger partial charge in [-0.2, -0.15) is 0 Å². The van der Waals surface area contributed by atoms with E-state index in [1.54, 1.807) is 31.0 Å². The number of amides is 2. The Morgan fingerprint density at radius 2 is 1.43 bits per heavy atom. The summed E-state index contributed by atoms with van der Waals surface area (Å²) in [5.74, 6) is -0.472. The predicted octanol–water partition coefficient (Wildman–Crippen LogP) is 2.03. The fraction of sp³-hybridized carbons (Fsp3) is 0.222. The van der Waals surface area contributed by atoms with Crippen molar-refractivity contribution in [3.63, 3.8) is 0 Å². The highest BCUT2D eigenvalue weighted by molar-refractivity contribution is 6.06. The molecule has 0 saturated carbocycles. The number of para-hydroxylation sites is 2. The minimum Gasteiger partial charge on any atom is -0.322 e. The van der Waals surface area contributed by atoms with E-state index >= 15 is 0 Å². The van der Waals surface area contributed by atoms with Crippen LogP contribution in [0.15, 0.2) is 60.7 Å². The Balaban J connectivity index is 2.28. The van der Waals surface area contributed by atoms with Crippen molar-refractivity contribution in [2.75, 3.05) is 23.4 Å². The molecule has 2 rings (SSSR count). The first-order valence-corrected chi connectivity index (χ1v) is 7.46. The number of nitrogens with two attached hydrogens (primary N) is 1. The van der Waals surface area contributed by atoms with Crippen LogP contribution in [0, 0.1) is 0 Å². The number of hydrogen-bond acceptors (Lipinski definition) is 3. The second kappa shape index (κ2) is 7.56. The number of carbonyl (C=O) groups excluding carboxylic acids is 2. The maximum Gasteiger partial charge on any atom is 0.249 e. The van der Waals surface area contributed by atoms with Crippen molar-refractivity contribution >= 4 is 23.2 Å². The lowest BCUT2D eigenvalue weighted by atomic mass is 10.1. The summed E-state index contributed by atoms with van der Waals surface area (Å²) in [5.41, 5.74) is 6.95. The van der Waals surface area contributed by atoms with Gasteiger partial charge in [0.15, 0.2) is 0 Å². The van der Waals surface area contributed by atoms with E-state index in [9.17, 15) is 9.59 Å². The lowest BCUT2D eigenvalue weighted by Gasteiger charge is -2.31. The standard InChI is InChI=1S/C18H21N3O2/c1-14(18(23)20(2)15-9-5-3-6-10-15)21(17(22)13-19)16-11-7-4-8-12-16/h3-12,14H,13,19H2,1-2H3. The first kappa shape index (κ1) is 16.7. The summed E-state index contributed by atoms with van der Waals surface area (Å²) in [7, 11) is 1.70. The fourth-order valence-corrected chi connectivity index (χ4v) is 2.44. The maximum absolute atomic E-state index is 12.8. The SMILES string of the molecule is CC(C(=O)N(C)c1ccccc1)N(C(=O)CN)c1ccccc1. The van der Waals surface area contributed by atoms with Crippen LogP contribution in [0.4, 0.5) is 11.4 Å². The Kier molecular flexibility index (Phi) is 5.49. The van der Waals surface area contributed by atoms with Gasteiger partial charge >= 0.3 is 0 Å². The zero-order chi connectivity index (χ0) is 16.8. The molecule has 0 aliphatic carbocycles. The van der Waals surface area contributed by atoms with E-state index in [-0.39, 0.29) is 18.4 Å². The van der Waals surface area contributed by atoms with Gasteiger partial charge < -0.3 is 10.6 Å². The molecule has 23 heavy (non-hydrogen) atoms. The minimum absolute atomic E-state index is 0.151. The molecule has 0 bridgehead atoms. The zero-order valence-corrected chi connectivity index (χ0v) is 13.3. The molecule has 5 nitrogen and oxygen atoms in total. The molecule has 0 aromatic heterocycles. The van der Waals surface area contributed by atoms with Crippen LogP contribution in [0.1, 0.15) is 6.92 Å². The summed E-state index contributed by atoms with van der Waals surface area (Å²) < 4.78 is 0. The quantitative estimate of drug-likeness (QED) is 0.919. The molecule has 0 radical (unpaired) electrons. The molecule has 1 unspecified atom stereocenters. The second-order valence-electron chi connectivity index (χ2n) is 5.21. The third kappa shape index (κ3) is 3.76. The van der Waals surface area contributed by atoms with Gasteiger partial charge in [-0.25, -0.2) is 0 Å². The lowest BCUT2D eigenvalue weighted by molar-refractivity contribution is -0.123. The summed E-state index contributed by atoms with van der Waals surface area (Å²) in [6.45, 7) is 1.56. The number of carbonyl (C=O) groups is 2. The average Bonchev–Trinajstić information content (AvgIpc) is 2.62. The van der Waals surface area contributed by atoms with Gasteiger partial charge in [0, 0.05) is 18.4 Å². The van der Waals surface area contributed by atoms with E-state index in [4.69, 9.17) is 5.73 Å². The number of benzene rings is 2. The average molecular weight is 311 g/mol. The summed E-state index contributed by atoms with van der Waals surface area (Å²) in [5, 5.41) is 0. The van der Waals surface area contributed by atoms with Crippen molar-refractivity contribution < 1.29 is 9.59 Å². The van der Waals surface area contributed by atoms with Crippen LogP contribution < -0.4 is 15.5 Å². The van der Waals surface area contributed by atoms with E-state index in [1.807, 2.05) is 48.5 Å². The van der Waals surface area contributed by atoms with Gasteiger partial charge in [0.05, 0.1) is 6.54 Å². The number of hydrogen-bond donors (Lipinski definition) is 1. The summed E-state index contributed by atoms with van der Waals surface area (Å²) in [4.78, 5) is 28.0. The lowest BCUT2D eigenvalue weighted by Crippen LogP contribution is -2.50. The largest absolute Gasteiger partial charge is 0.322 e. The number of anilines is 2. The van der Waals surface area contributed by atoms with E-state index in [1.165, 1.54) is 4.90 Å². The predicted molar refractivity (Wildman–Crippen MR) is 92.3 cm³/mol. The van der Waals surface area contributed by atoms with Gasteiger partial charge in [-0.3, -0.25) is 14.5 Å². The Morgan fingerprint density at radius 1 is 0.957 bits per heavy atom. The summed E-state index contributed by atoms with van der Waals surface area (Å²) in [6, 6.07) is 17.8. The topological polar surface area (TPSA) is 66.6 Å². The van der Waals surface area contributed by atoms with Crippen LogP contribution in [-0.4, -0.2) is 31.4 Å². The molecular weight excluding hydrogens is 290 g/mol. The van der Waals surface area contributed by atoms with Gasteiger partial charge in [0.25, 0.3) is 0 Å². The fourth-order valence-electron chi connectivity index (χ4n) is 2.44. The van der Waals surface area contributed by atoms with Gasteiger partial charge in [-0.15, -0.1) is 0 Å². The van der Waals surface area contributed by atoms with Crippen LogP contribution in [0.5, 0.6) is 0 Å². The third-order valence-electron chi connectivity index (χ3n) is 3.70. The Hall–Kier alpha value is -2.66. The van der Waals surface area contributed by atoms with Crippen LogP contribution in [0.3, 0.4) is 0 Å². The molecular formula is C18H21N3O2. The molecule has 120 valence electrons. The Bertz CT molecular complexity index is 658. The van der Waals surface area contributed by atoms with Crippen molar-refractivity contribution in [1.29, 1.82) is 0 Å². The van der Waals surface area contributed by atoms with E-state index < -0.39 is 6.04 Å². The third-order valence-corrected chi connectivity index (χ3v) is 3.70. The van der Waals surface area contributed by atoms with Crippen molar-refractivity contribution in [2.45, 2.75) is 13.0 Å². The highest BCUT2D eigenvalue weighted by atomic mass is 16.2. The molecule has 2 N–H and O–H groups in total. The molecule has 5 heteroatoms. The molecule has 0 aliphatic rings. The highest BCUT2D eigenvalue weighted by Gasteiger charge is 2.29.